The fourth-order valence-electron chi connectivity index (χ4n) is 3.35. The lowest BCUT2D eigenvalue weighted by Gasteiger charge is -2.36. The molecule has 0 spiro atoms. The molecule has 0 aromatic heterocycles. The zero-order valence-corrected chi connectivity index (χ0v) is 15.9. The molecule has 1 aromatic carbocycles. The van der Waals surface area contributed by atoms with Gasteiger partial charge in [-0.05, 0) is 31.0 Å². The Morgan fingerprint density at radius 3 is 2.81 bits per heavy atom. The van der Waals surface area contributed by atoms with E-state index >= 15 is 0 Å². The highest BCUT2D eigenvalue weighted by Gasteiger charge is 2.28. The molecule has 1 heterocycles. The smallest absolute Gasteiger partial charge is 0.251 e. The first-order chi connectivity index (χ1) is 13.1. The van der Waals surface area contributed by atoms with Crippen molar-refractivity contribution in [3.05, 3.63) is 35.9 Å². The summed E-state index contributed by atoms with van der Waals surface area (Å²) in [4.78, 5) is 26.6. The molecule has 0 bridgehead atoms. The molecule has 1 aliphatic heterocycles. The van der Waals surface area contributed by atoms with E-state index in [0.717, 1.165) is 24.3 Å². The van der Waals surface area contributed by atoms with Crippen LogP contribution in [0.4, 0.5) is 5.69 Å². The van der Waals surface area contributed by atoms with Crippen molar-refractivity contribution in [1.82, 2.24) is 10.6 Å². The van der Waals surface area contributed by atoms with Gasteiger partial charge >= 0.3 is 0 Å². The molecule has 0 unspecified atom stereocenters. The molecule has 2 amide bonds. The van der Waals surface area contributed by atoms with Crippen molar-refractivity contribution < 1.29 is 19.1 Å². The van der Waals surface area contributed by atoms with Crippen LogP contribution in [0.3, 0.4) is 0 Å². The van der Waals surface area contributed by atoms with Crippen LogP contribution < -0.4 is 20.3 Å². The molecule has 2 N–H and O–H groups in total. The standard InChI is InChI=1S/C20H27N3O4/c1-23-16(12-19(24)22-15-5-3-4-6-15)13-27-18-8-7-14(11-17(18)23)20(25)21-9-10-26-2/h3-4,7-8,11,15-16H,5-6,9-10,12-13H2,1-2H3,(H,21,25)(H,22,24)/t16-/m0/s1. The lowest BCUT2D eigenvalue weighted by Crippen LogP contribution is -2.45. The molecule has 146 valence electrons. The van der Waals surface area contributed by atoms with E-state index in [1.54, 1.807) is 19.2 Å². The van der Waals surface area contributed by atoms with Gasteiger partial charge < -0.3 is 25.0 Å². The Bertz CT molecular complexity index is 711. The first-order valence-corrected chi connectivity index (χ1v) is 9.29. The van der Waals surface area contributed by atoms with Gasteiger partial charge in [-0.1, -0.05) is 12.2 Å². The first kappa shape index (κ1) is 19.2. The minimum absolute atomic E-state index is 0.0288. The van der Waals surface area contributed by atoms with Gasteiger partial charge in [0.05, 0.1) is 24.8 Å². The summed E-state index contributed by atoms with van der Waals surface area (Å²) in [5.74, 6) is 0.598. The maximum absolute atomic E-state index is 12.3. The number of carbonyl (C=O) groups is 2. The monoisotopic (exact) mass is 373 g/mol. The quantitative estimate of drug-likeness (QED) is 0.559. The van der Waals surface area contributed by atoms with Crippen molar-refractivity contribution in [1.29, 1.82) is 0 Å². The summed E-state index contributed by atoms with van der Waals surface area (Å²) in [5, 5.41) is 5.88. The molecule has 0 saturated heterocycles. The zero-order chi connectivity index (χ0) is 19.2. The van der Waals surface area contributed by atoms with Gasteiger partial charge in [0.2, 0.25) is 5.91 Å². The van der Waals surface area contributed by atoms with Crippen LogP contribution in [0.15, 0.2) is 30.4 Å². The normalized spacial score (nSPS) is 18.7. The number of hydrogen-bond donors (Lipinski definition) is 2. The van der Waals surface area contributed by atoms with Crippen molar-refractivity contribution in [3.8, 4) is 5.75 Å². The highest BCUT2D eigenvalue weighted by Crippen LogP contribution is 2.34. The SMILES string of the molecule is COCCNC(=O)c1ccc2c(c1)N(C)[C@@H](CC(=O)NC1CC=CC1)CO2. The highest BCUT2D eigenvalue weighted by atomic mass is 16.5. The van der Waals surface area contributed by atoms with E-state index in [1.165, 1.54) is 0 Å². The fourth-order valence-corrected chi connectivity index (χ4v) is 3.35. The second-order valence-corrected chi connectivity index (χ2v) is 6.92. The van der Waals surface area contributed by atoms with E-state index in [-0.39, 0.29) is 23.9 Å². The average molecular weight is 373 g/mol. The second kappa shape index (κ2) is 8.90. The van der Waals surface area contributed by atoms with E-state index in [2.05, 4.69) is 22.8 Å². The van der Waals surface area contributed by atoms with Gasteiger partial charge in [-0.15, -0.1) is 0 Å². The highest BCUT2D eigenvalue weighted by molar-refractivity contribution is 5.95. The molecule has 7 nitrogen and oxygen atoms in total. The van der Waals surface area contributed by atoms with Gasteiger partial charge in [0.1, 0.15) is 12.4 Å². The van der Waals surface area contributed by atoms with Gasteiger partial charge in [0.15, 0.2) is 0 Å². The summed E-state index contributed by atoms with van der Waals surface area (Å²) in [5.41, 5.74) is 1.38. The zero-order valence-electron chi connectivity index (χ0n) is 15.9. The maximum Gasteiger partial charge on any atom is 0.251 e. The molecule has 7 heteroatoms. The molecule has 0 radical (unpaired) electrons. The predicted molar refractivity (Wildman–Crippen MR) is 103 cm³/mol. The fraction of sp³-hybridized carbons (Fsp3) is 0.500. The Labute approximate surface area is 159 Å². The van der Waals surface area contributed by atoms with Crippen LogP contribution in [0.1, 0.15) is 29.6 Å². The van der Waals surface area contributed by atoms with Crippen LogP contribution in [0, 0.1) is 0 Å². The summed E-state index contributed by atoms with van der Waals surface area (Å²) in [7, 11) is 3.53. The van der Waals surface area contributed by atoms with E-state index in [1.807, 2.05) is 18.0 Å². The van der Waals surface area contributed by atoms with Gasteiger partial charge in [-0.2, -0.15) is 0 Å². The van der Waals surface area contributed by atoms with Crippen LogP contribution in [-0.4, -0.2) is 57.8 Å². The Kier molecular flexibility index (Phi) is 6.34. The lowest BCUT2D eigenvalue weighted by atomic mass is 10.1. The number of ether oxygens (including phenoxy) is 2. The number of methoxy groups -OCH3 is 1. The largest absolute Gasteiger partial charge is 0.489 e. The summed E-state index contributed by atoms with van der Waals surface area (Å²) in [6.45, 7) is 1.37. The van der Waals surface area contributed by atoms with Crippen molar-refractivity contribution >= 4 is 17.5 Å². The van der Waals surface area contributed by atoms with Crippen molar-refractivity contribution in [2.75, 3.05) is 38.8 Å². The second-order valence-electron chi connectivity index (χ2n) is 6.92. The maximum atomic E-state index is 12.3. The molecule has 1 aromatic rings. The van der Waals surface area contributed by atoms with E-state index in [4.69, 9.17) is 9.47 Å². The number of fused-ring (bicyclic) bond motifs is 1. The Morgan fingerprint density at radius 1 is 1.30 bits per heavy atom. The summed E-state index contributed by atoms with van der Waals surface area (Å²) in [6.07, 6.45) is 6.34. The molecule has 0 saturated carbocycles. The third kappa shape index (κ3) is 4.80. The molecule has 3 rings (SSSR count). The number of amides is 2. The van der Waals surface area contributed by atoms with Crippen LogP contribution >= 0.6 is 0 Å². The Morgan fingerprint density at radius 2 is 2.07 bits per heavy atom. The lowest BCUT2D eigenvalue weighted by molar-refractivity contribution is -0.122. The molecular formula is C20H27N3O4. The van der Waals surface area contributed by atoms with Gasteiger partial charge in [0, 0.05) is 32.3 Å². The minimum Gasteiger partial charge on any atom is -0.489 e. The number of nitrogens with one attached hydrogen (secondary N) is 2. The van der Waals surface area contributed by atoms with Crippen LogP contribution in [0.5, 0.6) is 5.75 Å². The summed E-state index contributed by atoms with van der Waals surface area (Å²) >= 11 is 0. The van der Waals surface area contributed by atoms with Crippen molar-refractivity contribution in [3.63, 3.8) is 0 Å². The third-order valence-corrected chi connectivity index (χ3v) is 4.97. The number of nitrogens with zero attached hydrogens (tertiary/aromatic N) is 1. The summed E-state index contributed by atoms with van der Waals surface area (Å²) in [6, 6.07) is 5.50. The molecule has 1 aliphatic carbocycles. The van der Waals surface area contributed by atoms with Gasteiger partial charge in [0.25, 0.3) is 5.91 Å². The number of benzene rings is 1. The van der Waals surface area contributed by atoms with Crippen LogP contribution in [0.25, 0.3) is 0 Å². The van der Waals surface area contributed by atoms with E-state index in [0.29, 0.717) is 31.7 Å². The predicted octanol–water partition coefficient (Wildman–Crippen LogP) is 1.48. The molecular weight excluding hydrogens is 346 g/mol. The average Bonchev–Trinajstić information content (AvgIpc) is 3.17. The first-order valence-electron chi connectivity index (χ1n) is 9.29. The Hall–Kier alpha value is -2.54. The van der Waals surface area contributed by atoms with Gasteiger partial charge in [-0.3, -0.25) is 9.59 Å². The number of rotatable bonds is 7. The number of likely N-dealkylation sites (N-methyl/N-ethyl adjacent to an activating group) is 1. The van der Waals surface area contributed by atoms with E-state index < -0.39 is 0 Å². The molecule has 27 heavy (non-hydrogen) atoms. The topological polar surface area (TPSA) is 79.9 Å². The number of carbonyl (C=O) groups excluding carboxylic acids is 2. The van der Waals surface area contributed by atoms with Crippen LogP contribution in [0.2, 0.25) is 0 Å². The van der Waals surface area contributed by atoms with Crippen LogP contribution in [-0.2, 0) is 9.53 Å². The third-order valence-electron chi connectivity index (χ3n) is 4.97. The molecule has 0 fully saturated rings. The molecule has 2 aliphatic rings. The number of hydrogen-bond acceptors (Lipinski definition) is 5. The van der Waals surface area contributed by atoms with Crippen molar-refractivity contribution in [2.45, 2.75) is 31.3 Å². The minimum atomic E-state index is -0.156. The Balaban J connectivity index is 1.62. The van der Waals surface area contributed by atoms with E-state index in [9.17, 15) is 9.59 Å². The van der Waals surface area contributed by atoms with Crippen molar-refractivity contribution in [2.24, 2.45) is 0 Å². The number of anilines is 1. The summed E-state index contributed by atoms with van der Waals surface area (Å²) < 4.78 is 10.8. The molecule has 1 atom stereocenters. The van der Waals surface area contributed by atoms with Gasteiger partial charge in [-0.25, -0.2) is 0 Å².